The van der Waals surface area contributed by atoms with Gasteiger partial charge in [0, 0.05) is 0 Å². The van der Waals surface area contributed by atoms with E-state index >= 15 is 0 Å². The predicted octanol–water partition coefficient (Wildman–Crippen LogP) is 1.13. The summed E-state index contributed by atoms with van der Waals surface area (Å²) in [6.07, 6.45) is 2.52. The molecule has 0 radical (unpaired) electrons. The summed E-state index contributed by atoms with van der Waals surface area (Å²) in [5, 5.41) is -1.29. The fraction of sp³-hybridized carbons (Fsp3) is 0.478. The second-order valence-corrected chi connectivity index (χ2v) is 26.1. The first kappa shape index (κ1) is 25.2. The van der Waals surface area contributed by atoms with Crippen LogP contribution in [0.5, 0.6) is 0 Å². The second-order valence-electron chi connectivity index (χ2n) is 8.78. The van der Waals surface area contributed by atoms with Gasteiger partial charge in [-0.05, 0) is 0 Å². The number of benzene rings is 1. The predicted molar refractivity (Wildman–Crippen MR) is 110 cm³/mol. The Kier molecular flexibility index (Phi) is 8.66. The molecule has 146 valence electrons. The van der Waals surface area contributed by atoms with E-state index in [1.165, 1.54) is 5.56 Å². The maximum absolute atomic E-state index is 2.70. The van der Waals surface area contributed by atoms with Crippen LogP contribution in [0.3, 0.4) is 0 Å². The summed E-state index contributed by atoms with van der Waals surface area (Å²) in [6, 6.07) is 9.18. The Balaban J connectivity index is 0.00000182. The minimum absolute atomic E-state index is 0. The van der Waals surface area contributed by atoms with Crippen molar-refractivity contribution in [3.05, 3.63) is 63.3 Å². The molecule has 0 saturated carbocycles. The Hall–Kier alpha value is 0.120. The number of hydrogen-bond acceptors (Lipinski definition) is 0. The molecule has 0 aliphatic heterocycles. The van der Waals surface area contributed by atoms with Gasteiger partial charge in [-0.1, -0.05) is 0 Å². The van der Waals surface area contributed by atoms with Gasteiger partial charge < -0.3 is 24.8 Å². The van der Waals surface area contributed by atoms with Gasteiger partial charge in [-0.2, -0.15) is 0 Å². The fourth-order valence-electron chi connectivity index (χ4n) is 4.90. The van der Waals surface area contributed by atoms with E-state index in [1.54, 1.807) is 33.4 Å². The number of rotatable bonds is 4. The Bertz CT molecular complexity index is 778. The van der Waals surface area contributed by atoms with Gasteiger partial charge in [0.1, 0.15) is 0 Å². The van der Waals surface area contributed by atoms with Crippen molar-refractivity contribution in [2.75, 3.05) is 0 Å². The number of fused-ring (bicyclic) bond motifs is 1. The Morgan fingerprint density at radius 1 is 0.889 bits per heavy atom. The molecule has 1 aromatic carbocycles. The molecule has 4 heteroatoms. The first-order valence-electron chi connectivity index (χ1n) is 9.58. The van der Waals surface area contributed by atoms with E-state index in [-0.39, 0.29) is 24.8 Å². The number of hydrogen-bond donors (Lipinski definition) is 0. The molecule has 0 amide bonds. The van der Waals surface area contributed by atoms with Crippen LogP contribution in [0, 0.1) is 5.92 Å². The molecule has 2 aliphatic rings. The van der Waals surface area contributed by atoms with Gasteiger partial charge in [0.25, 0.3) is 0 Å². The van der Waals surface area contributed by atoms with Crippen molar-refractivity contribution in [1.29, 1.82) is 0 Å². The molecule has 0 aromatic heterocycles. The van der Waals surface area contributed by atoms with Crippen molar-refractivity contribution in [1.82, 2.24) is 0 Å². The molecule has 3 rings (SSSR count). The van der Waals surface area contributed by atoms with Crippen molar-refractivity contribution in [2.24, 2.45) is 5.92 Å². The molecule has 0 bridgehead atoms. The zero-order valence-electron chi connectivity index (χ0n) is 17.9. The molecule has 0 spiro atoms. The van der Waals surface area contributed by atoms with Crippen LogP contribution in [0.25, 0.3) is 6.08 Å². The molecule has 0 saturated heterocycles. The third-order valence-corrected chi connectivity index (χ3v) is 21.1. The van der Waals surface area contributed by atoms with E-state index in [0.717, 1.165) is 9.17 Å². The molecular weight excluding hydrogens is 466 g/mol. The molecule has 0 nitrogen and oxygen atoms in total. The van der Waals surface area contributed by atoms with Crippen LogP contribution < -0.4 is 24.8 Å². The summed E-state index contributed by atoms with van der Waals surface area (Å²) in [6.45, 7) is 19.7. The van der Waals surface area contributed by atoms with E-state index in [1.807, 2.05) is 0 Å². The zero-order valence-corrected chi connectivity index (χ0v) is 22.8. The Morgan fingerprint density at radius 2 is 1.41 bits per heavy atom. The molecule has 27 heavy (non-hydrogen) atoms. The van der Waals surface area contributed by atoms with E-state index in [2.05, 4.69) is 85.0 Å². The summed E-state index contributed by atoms with van der Waals surface area (Å²) in [5.74, 6) is 0.670. The summed E-state index contributed by atoms with van der Waals surface area (Å²) in [4.78, 5) is 0. The molecule has 1 aromatic rings. The second kappa shape index (κ2) is 9.29. The van der Waals surface area contributed by atoms with E-state index in [0.29, 0.717) is 5.92 Å². The molecule has 1 atom stereocenters. The molecular formula is C23H32Cl2SiZr. The van der Waals surface area contributed by atoms with Crippen molar-refractivity contribution >= 4 is 11.3 Å². The van der Waals surface area contributed by atoms with Crippen molar-refractivity contribution in [3.8, 4) is 0 Å². The molecule has 0 fully saturated rings. The van der Waals surface area contributed by atoms with Gasteiger partial charge in [-0.15, -0.1) is 0 Å². The van der Waals surface area contributed by atoms with Crippen LogP contribution in [0.15, 0.2) is 52.1 Å². The van der Waals surface area contributed by atoms with Gasteiger partial charge >= 0.3 is 167 Å². The fourth-order valence-corrected chi connectivity index (χ4v) is 22.7. The quantitative estimate of drug-likeness (QED) is 0.546. The third-order valence-electron chi connectivity index (χ3n) is 6.48. The van der Waals surface area contributed by atoms with E-state index in [4.69, 9.17) is 0 Å². The van der Waals surface area contributed by atoms with Crippen LogP contribution in [0.2, 0.25) is 18.6 Å². The molecule has 0 heterocycles. The summed E-state index contributed by atoms with van der Waals surface area (Å²) in [5.41, 5.74) is 12.2. The van der Waals surface area contributed by atoms with Gasteiger partial charge in [0.15, 0.2) is 0 Å². The maximum atomic E-state index is 2.70. The third kappa shape index (κ3) is 4.50. The molecule has 1 unspecified atom stereocenters. The van der Waals surface area contributed by atoms with Crippen molar-refractivity contribution in [3.63, 3.8) is 0 Å². The maximum Gasteiger partial charge on any atom is -1.00 e. The molecule has 0 N–H and O–H groups in total. The monoisotopic (exact) mass is 496 g/mol. The summed E-state index contributed by atoms with van der Waals surface area (Å²) < 4.78 is 0.795. The smallest absolute Gasteiger partial charge is 1.00 e. The summed E-state index contributed by atoms with van der Waals surface area (Å²) in [7, 11) is 0. The summed E-state index contributed by atoms with van der Waals surface area (Å²) >= 11 is -0.572. The van der Waals surface area contributed by atoms with Crippen molar-refractivity contribution in [2.45, 2.75) is 63.8 Å². The number of halogens is 2. The van der Waals surface area contributed by atoms with Crippen LogP contribution >= 0.6 is 0 Å². The zero-order chi connectivity index (χ0) is 18.5. The van der Waals surface area contributed by atoms with Crippen LogP contribution in [-0.4, -0.2) is 5.20 Å². The first-order chi connectivity index (χ1) is 11.6. The standard InChI is InChI=1S/C12H13.C11H19Si.2ClH.Zr/c1-9(2)12-7-10-5-3-4-6-11(10)8-12;1-7-8(2)10(4)11(9(7)3)12(5)6;;;/h3-9H,1-2H3;11H,1-6H3;2*1H;/q;;;;+2/p-2. The largest absolute Gasteiger partial charge is 1.00 e. The average molecular weight is 499 g/mol. The number of allylic oxidation sites excluding steroid dienone is 5. The minimum atomic E-state index is -1.29. The minimum Gasteiger partial charge on any atom is -1.00 e. The topological polar surface area (TPSA) is 0 Å². The van der Waals surface area contributed by atoms with Crippen LogP contribution in [0.4, 0.5) is 0 Å². The van der Waals surface area contributed by atoms with Crippen LogP contribution in [0.1, 0.15) is 56.3 Å². The van der Waals surface area contributed by atoms with Gasteiger partial charge in [0.05, 0.1) is 0 Å². The average Bonchev–Trinajstić information content (AvgIpc) is 2.99. The SMILES string of the molecule is CC1=C(C)C([Si](C)(C)[Zr+2][CH]2C(C(C)C)=Cc3ccccc32)C(C)=C1C.[Cl-].[Cl-]. The normalized spacial score (nSPS) is 19.6. The van der Waals surface area contributed by atoms with Gasteiger partial charge in [-0.3, -0.25) is 0 Å². The van der Waals surface area contributed by atoms with Gasteiger partial charge in [0.2, 0.25) is 0 Å². The van der Waals surface area contributed by atoms with Gasteiger partial charge in [-0.25, -0.2) is 0 Å². The van der Waals surface area contributed by atoms with Crippen molar-refractivity contribution < 1.29 is 47.2 Å². The Morgan fingerprint density at radius 3 is 1.93 bits per heavy atom. The van der Waals surface area contributed by atoms with E-state index in [9.17, 15) is 0 Å². The Labute approximate surface area is 190 Å². The van der Waals surface area contributed by atoms with E-state index < -0.39 is 27.6 Å². The van der Waals surface area contributed by atoms with Crippen LogP contribution in [-0.2, 0) is 22.4 Å². The molecule has 2 aliphatic carbocycles. The first-order valence-corrected chi connectivity index (χ1v) is 17.8.